The Morgan fingerprint density at radius 3 is 2.12 bits per heavy atom. The molecular formula is C13H22N2O2. The molecule has 0 heterocycles. The molecule has 0 radical (unpaired) electrons. The minimum atomic E-state index is -0.464. The lowest BCUT2D eigenvalue weighted by Crippen LogP contribution is -2.63. The molecular weight excluding hydrogens is 216 g/mol. The number of carbonyl (C=O) groups excluding carboxylic acids is 2. The van der Waals surface area contributed by atoms with Gasteiger partial charge in [0.2, 0.25) is 11.8 Å². The van der Waals surface area contributed by atoms with E-state index in [1.165, 1.54) is 20.3 Å². The molecule has 0 saturated heterocycles. The van der Waals surface area contributed by atoms with Gasteiger partial charge in [-0.05, 0) is 31.1 Å². The lowest BCUT2D eigenvalue weighted by atomic mass is 9.80. The molecule has 2 aliphatic carbocycles. The molecule has 2 bridgehead atoms. The summed E-state index contributed by atoms with van der Waals surface area (Å²) in [6.07, 6.45) is 4.37. The second-order valence-corrected chi connectivity index (χ2v) is 5.63. The summed E-state index contributed by atoms with van der Waals surface area (Å²) in [6.45, 7) is 5.27. The van der Waals surface area contributed by atoms with Gasteiger partial charge in [-0.2, -0.15) is 0 Å². The smallest absolute Gasteiger partial charge is 0.218 e. The Bertz CT molecular complexity index is 324. The third kappa shape index (κ3) is 2.17. The Hall–Kier alpha value is -1.06. The average Bonchev–Trinajstić information content (AvgIpc) is 2.71. The summed E-state index contributed by atoms with van der Waals surface area (Å²) in [7, 11) is 0. The van der Waals surface area contributed by atoms with E-state index >= 15 is 0 Å². The van der Waals surface area contributed by atoms with E-state index in [1.807, 2.05) is 0 Å². The van der Waals surface area contributed by atoms with Gasteiger partial charge in [0.15, 0.2) is 0 Å². The van der Waals surface area contributed by atoms with Crippen LogP contribution in [0, 0.1) is 17.8 Å². The highest BCUT2D eigenvalue weighted by molar-refractivity contribution is 5.77. The van der Waals surface area contributed by atoms with Crippen LogP contribution in [0.15, 0.2) is 0 Å². The van der Waals surface area contributed by atoms with E-state index in [4.69, 9.17) is 0 Å². The van der Waals surface area contributed by atoms with Crippen molar-refractivity contribution >= 4 is 11.8 Å². The van der Waals surface area contributed by atoms with Gasteiger partial charge in [-0.25, -0.2) is 0 Å². The molecule has 96 valence electrons. The molecule has 4 nitrogen and oxygen atoms in total. The maximum Gasteiger partial charge on any atom is 0.218 e. The first-order valence-electron chi connectivity index (χ1n) is 6.54. The summed E-state index contributed by atoms with van der Waals surface area (Å²) in [5, 5.41) is 5.98. The summed E-state index contributed by atoms with van der Waals surface area (Å²) < 4.78 is 0. The molecule has 3 atom stereocenters. The number of hydrogen-bond acceptors (Lipinski definition) is 2. The fourth-order valence-corrected chi connectivity index (χ4v) is 3.91. The zero-order valence-corrected chi connectivity index (χ0v) is 10.9. The van der Waals surface area contributed by atoms with Crippen LogP contribution >= 0.6 is 0 Å². The molecule has 2 saturated carbocycles. The molecule has 2 rings (SSSR count). The van der Waals surface area contributed by atoms with Gasteiger partial charge < -0.3 is 10.6 Å². The largest absolute Gasteiger partial charge is 0.333 e. The fourth-order valence-electron chi connectivity index (χ4n) is 3.91. The van der Waals surface area contributed by atoms with Crippen molar-refractivity contribution in [3.63, 3.8) is 0 Å². The Morgan fingerprint density at radius 1 is 1.18 bits per heavy atom. The number of amides is 2. The van der Waals surface area contributed by atoms with Crippen molar-refractivity contribution in [1.29, 1.82) is 0 Å². The van der Waals surface area contributed by atoms with E-state index in [2.05, 4.69) is 17.6 Å². The second-order valence-electron chi connectivity index (χ2n) is 5.63. The van der Waals surface area contributed by atoms with Crippen molar-refractivity contribution in [1.82, 2.24) is 10.6 Å². The summed E-state index contributed by atoms with van der Waals surface area (Å²) in [5.41, 5.74) is -0.464. The Balaban J connectivity index is 2.15. The van der Waals surface area contributed by atoms with Crippen molar-refractivity contribution < 1.29 is 9.59 Å². The molecule has 0 aromatic carbocycles. The van der Waals surface area contributed by atoms with Crippen molar-refractivity contribution in [2.24, 2.45) is 17.8 Å². The third-order valence-corrected chi connectivity index (χ3v) is 4.44. The zero-order chi connectivity index (χ0) is 12.6. The van der Waals surface area contributed by atoms with Crippen LogP contribution in [0.2, 0.25) is 0 Å². The minimum Gasteiger partial charge on any atom is -0.333 e. The molecule has 0 aliphatic heterocycles. The van der Waals surface area contributed by atoms with Crippen LogP contribution in [0.4, 0.5) is 0 Å². The van der Waals surface area contributed by atoms with Crippen LogP contribution in [0.1, 0.15) is 46.5 Å². The van der Waals surface area contributed by atoms with Gasteiger partial charge in [-0.1, -0.05) is 13.3 Å². The van der Waals surface area contributed by atoms with E-state index in [1.54, 1.807) is 0 Å². The van der Waals surface area contributed by atoms with Crippen molar-refractivity contribution in [2.45, 2.75) is 52.1 Å². The second kappa shape index (κ2) is 4.31. The van der Waals surface area contributed by atoms with E-state index in [9.17, 15) is 9.59 Å². The van der Waals surface area contributed by atoms with Crippen molar-refractivity contribution in [3.8, 4) is 0 Å². The highest BCUT2D eigenvalue weighted by Crippen LogP contribution is 2.53. The van der Waals surface area contributed by atoms with Crippen molar-refractivity contribution in [3.05, 3.63) is 0 Å². The Kier molecular flexibility index (Phi) is 3.15. The van der Waals surface area contributed by atoms with E-state index < -0.39 is 5.66 Å². The topological polar surface area (TPSA) is 58.2 Å². The van der Waals surface area contributed by atoms with Crippen LogP contribution in [-0.4, -0.2) is 17.5 Å². The number of fused-ring (bicyclic) bond motifs is 2. The number of nitrogens with one attached hydrogen (secondary N) is 2. The first-order chi connectivity index (χ1) is 7.97. The molecule has 0 spiro atoms. The van der Waals surface area contributed by atoms with Crippen molar-refractivity contribution in [2.75, 3.05) is 0 Å². The highest BCUT2D eigenvalue weighted by Gasteiger charge is 2.55. The normalized spacial score (nSPS) is 33.5. The summed E-state index contributed by atoms with van der Waals surface area (Å²) in [5.74, 6) is 1.73. The van der Waals surface area contributed by atoms with Gasteiger partial charge in [-0.15, -0.1) is 0 Å². The van der Waals surface area contributed by atoms with Crippen LogP contribution in [-0.2, 0) is 9.59 Å². The van der Waals surface area contributed by atoms with Crippen LogP contribution in [0.25, 0.3) is 0 Å². The van der Waals surface area contributed by atoms with Gasteiger partial charge in [0.25, 0.3) is 0 Å². The quantitative estimate of drug-likeness (QED) is 0.730. The number of rotatable bonds is 3. The van der Waals surface area contributed by atoms with E-state index in [0.29, 0.717) is 11.8 Å². The molecule has 0 aromatic heterocycles. The maximum absolute atomic E-state index is 11.4. The number of hydrogen-bond donors (Lipinski definition) is 2. The maximum atomic E-state index is 11.4. The monoisotopic (exact) mass is 238 g/mol. The molecule has 2 amide bonds. The fraction of sp³-hybridized carbons (Fsp3) is 0.846. The lowest BCUT2D eigenvalue weighted by molar-refractivity contribution is -0.126. The Labute approximate surface area is 103 Å². The van der Waals surface area contributed by atoms with Gasteiger partial charge in [-0.3, -0.25) is 9.59 Å². The van der Waals surface area contributed by atoms with Gasteiger partial charge >= 0.3 is 0 Å². The first kappa shape index (κ1) is 12.4. The molecule has 4 heteroatoms. The van der Waals surface area contributed by atoms with Crippen LogP contribution in [0.3, 0.4) is 0 Å². The molecule has 2 aliphatic rings. The molecule has 17 heavy (non-hydrogen) atoms. The summed E-state index contributed by atoms with van der Waals surface area (Å²) in [6, 6.07) is 0. The summed E-state index contributed by atoms with van der Waals surface area (Å²) in [4.78, 5) is 22.7. The third-order valence-electron chi connectivity index (χ3n) is 4.44. The molecule has 0 unspecified atom stereocenters. The standard InChI is InChI=1S/C13H22N2O2/c1-4-10-5-12-6-11(10)7-13(12,14-8(2)16)15-9(3)17/h10-12H,4-7H2,1-3H3,(H,14,16)(H,15,17)/t10-,11+,12-/m0/s1. The van der Waals surface area contributed by atoms with Crippen LogP contribution < -0.4 is 10.6 Å². The molecule has 2 N–H and O–H groups in total. The predicted octanol–water partition coefficient (Wildman–Crippen LogP) is 1.41. The van der Waals surface area contributed by atoms with Gasteiger partial charge in [0.05, 0.1) is 0 Å². The predicted molar refractivity (Wildman–Crippen MR) is 65.0 cm³/mol. The van der Waals surface area contributed by atoms with E-state index in [-0.39, 0.29) is 11.8 Å². The summed E-state index contributed by atoms with van der Waals surface area (Å²) >= 11 is 0. The average molecular weight is 238 g/mol. The van der Waals surface area contributed by atoms with Gasteiger partial charge in [0.1, 0.15) is 5.66 Å². The number of carbonyl (C=O) groups is 2. The molecule has 2 fully saturated rings. The first-order valence-corrected chi connectivity index (χ1v) is 6.54. The van der Waals surface area contributed by atoms with Gasteiger partial charge in [0, 0.05) is 19.8 Å². The Morgan fingerprint density at radius 2 is 1.76 bits per heavy atom. The molecule has 0 aromatic rings. The SMILES string of the molecule is CC[C@H]1C[C@H]2C[C@@H]1CC2(NC(C)=O)NC(C)=O. The highest BCUT2D eigenvalue weighted by atomic mass is 16.2. The minimum absolute atomic E-state index is 0.0562. The zero-order valence-electron chi connectivity index (χ0n) is 10.9. The van der Waals surface area contributed by atoms with E-state index in [0.717, 1.165) is 25.2 Å². The van der Waals surface area contributed by atoms with Crippen LogP contribution in [0.5, 0.6) is 0 Å². The lowest BCUT2D eigenvalue weighted by Gasteiger charge is -2.40.